The summed E-state index contributed by atoms with van der Waals surface area (Å²) in [7, 11) is 0. The van der Waals surface area contributed by atoms with Gasteiger partial charge in [0.25, 0.3) is 0 Å². The molecule has 0 atom stereocenters. The number of halogens is 3. The number of rotatable bonds is 5. The van der Waals surface area contributed by atoms with E-state index in [1.54, 1.807) is 0 Å². The van der Waals surface area contributed by atoms with Crippen LogP contribution in [0.5, 0.6) is 5.75 Å². The van der Waals surface area contributed by atoms with E-state index in [0.717, 1.165) is 50.2 Å². The number of hydrogen-bond donors (Lipinski definition) is 1. The van der Waals surface area contributed by atoms with Crippen molar-refractivity contribution in [2.24, 2.45) is 0 Å². The Balaban J connectivity index is 1.25. The molecule has 0 bridgehead atoms. The third-order valence-corrected chi connectivity index (χ3v) is 5.60. The van der Waals surface area contributed by atoms with E-state index in [9.17, 15) is 18.3 Å². The molecule has 0 unspecified atom stereocenters. The third-order valence-electron chi connectivity index (χ3n) is 5.60. The second-order valence-electron chi connectivity index (χ2n) is 7.84. The molecule has 1 N–H and O–H groups in total. The van der Waals surface area contributed by atoms with Crippen molar-refractivity contribution < 1.29 is 27.8 Å². The fourth-order valence-corrected chi connectivity index (χ4v) is 3.74. The first-order valence-corrected chi connectivity index (χ1v) is 9.78. The second-order valence-corrected chi connectivity index (χ2v) is 7.84. The highest BCUT2D eigenvalue weighted by Crippen LogP contribution is 2.31. The van der Waals surface area contributed by atoms with Gasteiger partial charge in [-0.3, -0.25) is 4.90 Å². The minimum absolute atomic E-state index is 0.0122. The molecule has 2 fully saturated rings. The molecule has 2 aromatic rings. The van der Waals surface area contributed by atoms with Crippen molar-refractivity contribution in [1.29, 1.82) is 0 Å². The van der Waals surface area contributed by atoms with E-state index in [1.165, 1.54) is 17.7 Å². The Morgan fingerprint density at radius 2 is 1.62 bits per heavy atom. The highest BCUT2D eigenvalue weighted by Gasteiger charge is 2.37. The summed E-state index contributed by atoms with van der Waals surface area (Å²) in [5, 5.41) is 10.3. The molecule has 0 radical (unpaired) electrons. The molecule has 7 heteroatoms. The zero-order chi connectivity index (χ0) is 20.5. The molecular weight excluding hydrogens is 383 g/mol. The molecule has 2 aliphatic rings. The molecule has 0 spiro atoms. The maximum atomic E-state index is 12.6. The zero-order valence-corrected chi connectivity index (χ0v) is 16.0. The van der Waals surface area contributed by atoms with E-state index in [-0.39, 0.29) is 6.10 Å². The van der Waals surface area contributed by atoms with E-state index in [2.05, 4.69) is 4.90 Å². The summed E-state index contributed by atoms with van der Waals surface area (Å²) < 4.78 is 48.9. The molecule has 0 aromatic heterocycles. The average Bonchev–Trinajstić information content (AvgIpc) is 2.68. The van der Waals surface area contributed by atoms with Crippen molar-refractivity contribution in [2.45, 2.75) is 37.3 Å². The maximum absolute atomic E-state index is 12.6. The summed E-state index contributed by atoms with van der Waals surface area (Å²) in [4.78, 5) is 2.34. The summed E-state index contributed by atoms with van der Waals surface area (Å²) in [5.41, 5.74) is 0.561. The summed E-state index contributed by atoms with van der Waals surface area (Å²) in [6.07, 6.45) is -2.66. The number of benzene rings is 2. The number of alkyl halides is 3. The van der Waals surface area contributed by atoms with Crippen LogP contribution < -0.4 is 4.74 Å². The van der Waals surface area contributed by atoms with Crippen molar-refractivity contribution in [3.63, 3.8) is 0 Å². The summed E-state index contributed by atoms with van der Waals surface area (Å²) in [6.45, 7) is 3.25. The minimum Gasteiger partial charge on any atom is -0.490 e. The van der Waals surface area contributed by atoms with Crippen molar-refractivity contribution in [2.75, 3.05) is 26.3 Å². The van der Waals surface area contributed by atoms with Crippen LogP contribution in [0, 0.1) is 0 Å². The van der Waals surface area contributed by atoms with Crippen LogP contribution in [0.4, 0.5) is 13.2 Å². The fraction of sp³-hybridized carbons (Fsp3) is 0.455. The van der Waals surface area contributed by atoms with Crippen LogP contribution in [0.3, 0.4) is 0 Å². The molecule has 4 nitrogen and oxygen atoms in total. The average molecular weight is 407 g/mol. The van der Waals surface area contributed by atoms with E-state index >= 15 is 0 Å². The smallest absolute Gasteiger partial charge is 0.416 e. The topological polar surface area (TPSA) is 41.9 Å². The Hall–Kier alpha value is -2.09. The molecule has 156 valence electrons. The van der Waals surface area contributed by atoms with Gasteiger partial charge in [-0.2, -0.15) is 13.2 Å². The molecule has 2 saturated heterocycles. The first-order chi connectivity index (χ1) is 13.8. The number of ether oxygens (including phenoxy) is 2. The van der Waals surface area contributed by atoms with Gasteiger partial charge in [-0.05, 0) is 48.2 Å². The van der Waals surface area contributed by atoms with Gasteiger partial charge in [-0.1, -0.05) is 24.3 Å². The van der Waals surface area contributed by atoms with Gasteiger partial charge in [-0.15, -0.1) is 0 Å². The summed E-state index contributed by atoms with van der Waals surface area (Å²) in [6, 6.07) is 12.9. The van der Waals surface area contributed by atoms with Crippen molar-refractivity contribution in [1.82, 2.24) is 4.90 Å². The predicted molar refractivity (Wildman–Crippen MR) is 102 cm³/mol. The van der Waals surface area contributed by atoms with E-state index in [1.807, 2.05) is 24.3 Å². The molecule has 0 saturated carbocycles. The number of aliphatic hydroxyl groups is 1. The van der Waals surface area contributed by atoms with Gasteiger partial charge < -0.3 is 14.6 Å². The van der Waals surface area contributed by atoms with Gasteiger partial charge in [0.1, 0.15) is 17.5 Å². The summed E-state index contributed by atoms with van der Waals surface area (Å²) in [5.74, 6) is 0.477. The van der Waals surface area contributed by atoms with Crippen LogP contribution in [0.25, 0.3) is 0 Å². The monoisotopic (exact) mass is 407 g/mol. The highest BCUT2D eigenvalue weighted by molar-refractivity contribution is 5.30. The lowest BCUT2D eigenvalue weighted by atomic mass is 9.91. The van der Waals surface area contributed by atoms with Gasteiger partial charge in [0.15, 0.2) is 0 Å². The van der Waals surface area contributed by atoms with Crippen LogP contribution in [0.1, 0.15) is 29.5 Å². The first-order valence-electron chi connectivity index (χ1n) is 9.78. The Morgan fingerprint density at radius 3 is 2.14 bits per heavy atom. The predicted octanol–water partition coefficient (Wildman–Crippen LogP) is 3.97. The highest BCUT2D eigenvalue weighted by atomic mass is 19.4. The van der Waals surface area contributed by atoms with E-state index < -0.39 is 17.3 Å². The third kappa shape index (κ3) is 4.74. The van der Waals surface area contributed by atoms with Gasteiger partial charge in [-0.25, -0.2) is 0 Å². The molecule has 2 heterocycles. The van der Waals surface area contributed by atoms with E-state index in [4.69, 9.17) is 9.47 Å². The van der Waals surface area contributed by atoms with Crippen LogP contribution in [0.15, 0.2) is 48.5 Å². The fourth-order valence-electron chi connectivity index (χ4n) is 3.74. The molecular formula is C22H24F3NO3. The van der Waals surface area contributed by atoms with Gasteiger partial charge in [0.2, 0.25) is 0 Å². The largest absolute Gasteiger partial charge is 0.490 e. The molecule has 2 aromatic carbocycles. The number of piperidine rings is 1. The van der Waals surface area contributed by atoms with Crippen molar-refractivity contribution in [3.05, 3.63) is 65.2 Å². The lowest BCUT2D eigenvalue weighted by Crippen LogP contribution is -2.46. The van der Waals surface area contributed by atoms with Gasteiger partial charge in [0.05, 0.1) is 18.8 Å². The molecule has 4 rings (SSSR count). The molecule has 2 aliphatic heterocycles. The minimum atomic E-state index is -4.33. The van der Waals surface area contributed by atoms with Crippen LogP contribution in [-0.4, -0.2) is 42.4 Å². The zero-order valence-electron chi connectivity index (χ0n) is 16.0. The molecule has 0 aliphatic carbocycles. The Labute approximate surface area is 167 Å². The standard InChI is InChI=1S/C22H24F3NO3/c23-22(24,25)18-5-7-19(8-6-18)29-20-9-11-26(12-10-20)13-16-1-3-17(4-2-16)21(27)14-28-15-21/h1-8,20,27H,9-15H2. The first kappa shape index (κ1) is 20.2. The van der Waals surface area contributed by atoms with Crippen molar-refractivity contribution >= 4 is 0 Å². The molecule has 29 heavy (non-hydrogen) atoms. The number of hydrogen-bond acceptors (Lipinski definition) is 4. The SMILES string of the molecule is OC1(c2ccc(CN3CCC(Oc4ccc(C(F)(F)F)cc4)CC3)cc2)COC1. The summed E-state index contributed by atoms with van der Waals surface area (Å²) >= 11 is 0. The Kier molecular flexibility index (Phi) is 5.55. The quantitative estimate of drug-likeness (QED) is 0.815. The Bertz CT molecular complexity index is 809. The lowest BCUT2D eigenvalue weighted by Gasteiger charge is -2.37. The number of likely N-dealkylation sites (tertiary alicyclic amines) is 1. The lowest BCUT2D eigenvalue weighted by molar-refractivity contribution is -0.184. The van der Waals surface area contributed by atoms with Crippen molar-refractivity contribution in [3.8, 4) is 5.75 Å². The number of nitrogens with zero attached hydrogens (tertiary/aromatic N) is 1. The normalized spacial score (nSPS) is 20.3. The van der Waals surface area contributed by atoms with Crippen LogP contribution >= 0.6 is 0 Å². The maximum Gasteiger partial charge on any atom is 0.416 e. The van der Waals surface area contributed by atoms with Gasteiger partial charge >= 0.3 is 6.18 Å². The van der Waals surface area contributed by atoms with Crippen LogP contribution in [-0.2, 0) is 23.1 Å². The van der Waals surface area contributed by atoms with E-state index in [0.29, 0.717) is 19.0 Å². The second kappa shape index (κ2) is 7.97. The molecule has 0 amide bonds. The Morgan fingerprint density at radius 1 is 1.00 bits per heavy atom. The van der Waals surface area contributed by atoms with Gasteiger partial charge in [0, 0.05) is 19.6 Å². The van der Waals surface area contributed by atoms with Crippen LogP contribution in [0.2, 0.25) is 0 Å².